The van der Waals surface area contributed by atoms with E-state index in [1.165, 1.54) is 4.90 Å². The lowest BCUT2D eigenvalue weighted by Crippen LogP contribution is -2.26. The van der Waals surface area contributed by atoms with Crippen molar-refractivity contribution in [2.75, 3.05) is 33.1 Å². The monoisotopic (exact) mass is 254 g/mol. The van der Waals surface area contributed by atoms with Gasteiger partial charge >= 0.3 is 6.09 Å². The zero-order chi connectivity index (χ0) is 13.9. The van der Waals surface area contributed by atoms with Crippen molar-refractivity contribution in [3.05, 3.63) is 11.3 Å². The zero-order valence-electron chi connectivity index (χ0n) is 11.3. The molecule has 0 fully saturated rings. The maximum atomic E-state index is 11.5. The molecule has 0 aliphatic heterocycles. The lowest BCUT2D eigenvalue weighted by atomic mass is 10.2. The standard InChI is InChI=1S/C11H18N4O3/c1-7-8(6-16)12-10(14(2)3)13-9(7)18-11(17)15(4)5/h16H,6H2,1-5H3. The van der Waals surface area contributed by atoms with Gasteiger partial charge in [-0.25, -0.2) is 9.78 Å². The van der Waals surface area contributed by atoms with Crippen molar-refractivity contribution in [1.82, 2.24) is 14.9 Å². The van der Waals surface area contributed by atoms with Gasteiger partial charge in [-0.3, -0.25) is 0 Å². The van der Waals surface area contributed by atoms with Crippen LogP contribution >= 0.6 is 0 Å². The van der Waals surface area contributed by atoms with Crippen LogP contribution in [0.15, 0.2) is 0 Å². The molecule has 18 heavy (non-hydrogen) atoms. The number of aliphatic hydroxyl groups excluding tert-OH is 1. The SMILES string of the molecule is Cc1c(CO)nc(N(C)C)nc1OC(=O)N(C)C. The summed E-state index contributed by atoms with van der Waals surface area (Å²) < 4.78 is 5.14. The van der Waals surface area contributed by atoms with Crippen molar-refractivity contribution in [3.63, 3.8) is 0 Å². The molecule has 0 bridgehead atoms. The zero-order valence-corrected chi connectivity index (χ0v) is 11.3. The van der Waals surface area contributed by atoms with Crippen LogP contribution < -0.4 is 9.64 Å². The Labute approximate surface area is 106 Å². The number of hydrogen-bond donors (Lipinski definition) is 1. The summed E-state index contributed by atoms with van der Waals surface area (Å²) in [7, 11) is 6.70. The van der Waals surface area contributed by atoms with E-state index >= 15 is 0 Å². The Kier molecular flexibility index (Phi) is 4.43. The van der Waals surface area contributed by atoms with Crippen LogP contribution in [-0.2, 0) is 6.61 Å². The molecule has 0 radical (unpaired) electrons. The Balaban J connectivity index is 3.16. The number of aliphatic hydroxyl groups is 1. The molecule has 1 aromatic rings. The third-order valence-electron chi connectivity index (χ3n) is 2.29. The van der Waals surface area contributed by atoms with Crippen molar-refractivity contribution in [3.8, 4) is 5.88 Å². The van der Waals surface area contributed by atoms with Crippen molar-refractivity contribution in [2.45, 2.75) is 13.5 Å². The summed E-state index contributed by atoms with van der Waals surface area (Å²) in [5, 5.41) is 9.23. The molecule has 0 spiro atoms. The predicted octanol–water partition coefficient (Wildman–Crippen LogP) is 0.404. The molecule has 0 aliphatic carbocycles. The number of anilines is 1. The first kappa shape index (κ1) is 14.2. The highest BCUT2D eigenvalue weighted by Crippen LogP contribution is 2.21. The smallest absolute Gasteiger partial charge is 0.391 e. The Bertz CT molecular complexity index is 446. The van der Waals surface area contributed by atoms with E-state index in [1.54, 1.807) is 40.0 Å². The van der Waals surface area contributed by atoms with Gasteiger partial charge in [0, 0.05) is 33.8 Å². The fraction of sp³-hybridized carbons (Fsp3) is 0.545. The van der Waals surface area contributed by atoms with Crippen molar-refractivity contribution >= 4 is 12.0 Å². The van der Waals surface area contributed by atoms with Crippen LogP contribution in [0.25, 0.3) is 0 Å². The lowest BCUT2D eigenvalue weighted by Gasteiger charge is -2.16. The fourth-order valence-electron chi connectivity index (χ4n) is 1.15. The van der Waals surface area contributed by atoms with Gasteiger partial charge in [0.25, 0.3) is 0 Å². The first-order chi connectivity index (χ1) is 8.36. The minimum Gasteiger partial charge on any atom is -0.391 e. The molecule has 0 aromatic carbocycles. The normalized spacial score (nSPS) is 10.1. The van der Waals surface area contributed by atoms with Crippen LogP contribution in [0, 0.1) is 6.92 Å². The van der Waals surface area contributed by atoms with Gasteiger partial charge in [-0.15, -0.1) is 0 Å². The molecule has 0 saturated heterocycles. The lowest BCUT2D eigenvalue weighted by molar-refractivity contribution is 0.169. The summed E-state index contributed by atoms with van der Waals surface area (Å²) in [6, 6.07) is 0. The second-order valence-corrected chi connectivity index (χ2v) is 4.22. The van der Waals surface area contributed by atoms with E-state index in [-0.39, 0.29) is 12.5 Å². The second kappa shape index (κ2) is 5.63. The molecular formula is C11H18N4O3. The van der Waals surface area contributed by atoms with E-state index in [2.05, 4.69) is 9.97 Å². The number of aromatic nitrogens is 2. The number of ether oxygens (including phenoxy) is 1. The van der Waals surface area contributed by atoms with Crippen LogP contribution in [0.4, 0.5) is 10.7 Å². The molecule has 1 N–H and O–H groups in total. The second-order valence-electron chi connectivity index (χ2n) is 4.22. The Hall–Kier alpha value is -1.89. The third kappa shape index (κ3) is 3.07. The van der Waals surface area contributed by atoms with E-state index in [9.17, 15) is 9.90 Å². The molecule has 0 aliphatic rings. The van der Waals surface area contributed by atoms with Crippen molar-refractivity contribution in [2.24, 2.45) is 0 Å². The van der Waals surface area contributed by atoms with Gasteiger partial charge in [-0.2, -0.15) is 4.98 Å². The number of hydrogen-bond acceptors (Lipinski definition) is 6. The van der Waals surface area contributed by atoms with Crippen LogP contribution in [-0.4, -0.2) is 54.3 Å². The molecule has 1 amide bonds. The number of nitrogens with zero attached hydrogens (tertiary/aromatic N) is 4. The van der Waals surface area contributed by atoms with Gasteiger partial charge in [-0.05, 0) is 6.92 Å². The number of rotatable bonds is 3. The van der Waals surface area contributed by atoms with Crippen molar-refractivity contribution in [1.29, 1.82) is 0 Å². The highest BCUT2D eigenvalue weighted by Gasteiger charge is 2.16. The summed E-state index contributed by atoms with van der Waals surface area (Å²) in [6.45, 7) is 1.46. The minimum atomic E-state index is -0.523. The quantitative estimate of drug-likeness (QED) is 0.841. The molecule has 1 aromatic heterocycles. The molecule has 7 heteroatoms. The topological polar surface area (TPSA) is 78.8 Å². The van der Waals surface area contributed by atoms with Gasteiger partial charge in [0.05, 0.1) is 12.3 Å². The van der Waals surface area contributed by atoms with Crippen LogP contribution in [0.3, 0.4) is 0 Å². The average molecular weight is 254 g/mol. The van der Waals surface area contributed by atoms with Gasteiger partial charge < -0.3 is 19.6 Å². The Morgan fingerprint density at radius 1 is 1.28 bits per heavy atom. The number of carbonyl (C=O) groups excluding carboxylic acids is 1. The van der Waals surface area contributed by atoms with Crippen LogP contribution in [0.5, 0.6) is 5.88 Å². The average Bonchev–Trinajstić information content (AvgIpc) is 2.31. The van der Waals surface area contributed by atoms with Gasteiger partial charge in [0.15, 0.2) is 0 Å². The molecule has 0 unspecified atom stereocenters. The van der Waals surface area contributed by atoms with E-state index in [0.717, 1.165) is 0 Å². The van der Waals surface area contributed by atoms with Crippen molar-refractivity contribution < 1.29 is 14.6 Å². The highest BCUT2D eigenvalue weighted by molar-refractivity contribution is 5.70. The summed E-state index contributed by atoms with van der Waals surface area (Å²) in [5.41, 5.74) is 0.994. The van der Waals surface area contributed by atoms with Gasteiger partial charge in [0.1, 0.15) is 0 Å². The van der Waals surface area contributed by atoms with E-state index in [0.29, 0.717) is 17.2 Å². The first-order valence-electron chi connectivity index (χ1n) is 5.41. The summed E-state index contributed by atoms with van der Waals surface area (Å²) >= 11 is 0. The molecule has 1 rings (SSSR count). The Morgan fingerprint density at radius 2 is 1.89 bits per heavy atom. The maximum absolute atomic E-state index is 11.5. The minimum absolute atomic E-state index is 0.163. The fourth-order valence-corrected chi connectivity index (χ4v) is 1.15. The van der Waals surface area contributed by atoms with E-state index in [4.69, 9.17) is 4.74 Å². The molecule has 100 valence electrons. The van der Waals surface area contributed by atoms with Crippen LogP contribution in [0.1, 0.15) is 11.3 Å². The van der Waals surface area contributed by atoms with Crippen LogP contribution in [0.2, 0.25) is 0 Å². The molecule has 0 atom stereocenters. The van der Waals surface area contributed by atoms with E-state index in [1.807, 2.05) is 0 Å². The van der Waals surface area contributed by atoms with Gasteiger partial charge in [-0.1, -0.05) is 0 Å². The molecule has 0 saturated carbocycles. The first-order valence-corrected chi connectivity index (χ1v) is 5.41. The largest absolute Gasteiger partial charge is 0.416 e. The summed E-state index contributed by atoms with van der Waals surface area (Å²) in [5.74, 6) is 0.544. The molecule has 7 nitrogen and oxygen atoms in total. The summed E-state index contributed by atoms with van der Waals surface area (Å²) in [4.78, 5) is 22.8. The van der Waals surface area contributed by atoms with E-state index < -0.39 is 6.09 Å². The molecular weight excluding hydrogens is 236 g/mol. The van der Waals surface area contributed by atoms with Gasteiger partial charge in [0.2, 0.25) is 11.8 Å². The summed E-state index contributed by atoms with van der Waals surface area (Å²) in [6.07, 6.45) is -0.523. The highest BCUT2D eigenvalue weighted by atomic mass is 16.6. The maximum Gasteiger partial charge on any atom is 0.416 e. The predicted molar refractivity (Wildman–Crippen MR) is 66.7 cm³/mol. The number of amides is 1. The third-order valence-corrected chi connectivity index (χ3v) is 2.29. The number of carbonyl (C=O) groups is 1. The Morgan fingerprint density at radius 3 is 2.33 bits per heavy atom. The molecule has 1 heterocycles.